The summed E-state index contributed by atoms with van der Waals surface area (Å²) < 4.78 is 7.83. The zero-order valence-electron chi connectivity index (χ0n) is 15.1. The third-order valence-electron chi connectivity index (χ3n) is 4.32. The number of aryl methyl sites for hydroxylation is 2. The molecule has 0 unspecified atom stereocenters. The number of para-hydroxylation sites is 3. The summed E-state index contributed by atoms with van der Waals surface area (Å²) in [6, 6.07) is 16.0. The number of hydrogen-bond donors (Lipinski definition) is 1. The molecule has 1 heterocycles. The van der Waals surface area contributed by atoms with Gasteiger partial charge in [-0.05, 0) is 43.5 Å². The van der Waals surface area contributed by atoms with Gasteiger partial charge in [-0.1, -0.05) is 30.3 Å². The van der Waals surface area contributed by atoms with Gasteiger partial charge in [-0.3, -0.25) is 4.79 Å². The van der Waals surface area contributed by atoms with E-state index in [1.807, 2.05) is 55.7 Å². The number of carbonyl (C=O) groups excluding carboxylic acids is 1. The van der Waals surface area contributed by atoms with Crippen molar-refractivity contribution in [3.8, 4) is 5.75 Å². The van der Waals surface area contributed by atoms with Gasteiger partial charge in [0, 0.05) is 19.5 Å². The first-order valence-corrected chi connectivity index (χ1v) is 9.09. The highest BCUT2D eigenvalue weighted by Gasteiger charge is 2.04. The summed E-state index contributed by atoms with van der Waals surface area (Å²) >= 11 is 0. The van der Waals surface area contributed by atoms with Crippen LogP contribution in [0, 0.1) is 6.92 Å². The molecule has 0 saturated carbocycles. The minimum absolute atomic E-state index is 0.0777. The fourth-order valence-corrected chi connectivity index (χ4v) is 2.89. The summed E-state index contributed by atoms with van der Waals surface area (Å²) in [7, 11) is 0. The molecule has 0 aliphatic carbocycles. The maximum Gasteiger partial charge on any atom is 0.220 e. The largest absolute Gasteiger partial charge is 0.493 e. The van der Waals surface area contributed by atoms with Crippen molar-refractivity contribution in [1.29, 1.82) is 0 Å². The van der Waals surface area contributed by atoms with Crippen LogP contribution < -0.4 is 10.1 Å². The maximum absolute atomic E-state index is 11.9. The molecule has 1 amide bonds. The third-order valence-corrected chi connectivity index (χ3v) is 4.32. The number of nitrogens with zero attached hydrogens (tertiary/aromatic N) is 2. The Morgan fingerprint density at radius 1 is 1.12 bits per heavy atom. The van der Waals surface area contributed by atoms with E-state index in [-0.39, 0.29) is 5.91 Å². The first-order chi connectivity index (χ1) is 12.7. The van der Waals surface area contributed by atoms with E-state index in [1.54, 1.807) is 0 Å². The van der Waals surface area contributed by atoms with Crippen LogP contribution in [0.5, 0.6) is 5.75 Å². The molecule has 1 N–H and O–H groups in total. The maximum atomic E-state index is 11.9. The molecular formula is C21H25N3O2. The molecule has 0 radical (unpaired) electrons. The van der Waals surface area contributed by atoms with Gasteiger partial charge >= 0.3 is 0 Å². The highest BCUT2D eigenvalue weighted by atomic mass is 16.5. The molecule has 1 aromatic heterocycles. The number of aromatic nitrogens is 2. The fraction of sp³-hybridized carbons (Fsp3) is 0.333. The Labute approximate surface area is 154 Å². The summed E-state index contributed by atoms with van der Waals surface area (Å²) in [6.07, 6.45) is 3.94. The number of imidazole rings is 1. The summed E-state index contributed by atoms with van der Waals surface area (Å²) in [5, 5.41) is 2.97. The van der Waals surface area contributed by atoms with Gasteiger partial charge in [0.05, 0.1) is 24.0 Å². The molecule has 3 rings (SSSR count). The number of rotatable bonds is 9. The summed E-state index contributed by atoms with van der Waals surface area (Å²) in [5.41, 5.74) is 3.25. The van der Waals surface area contributed by atoms with E-state index in [1.165, 1.54) is 0 Å². The number of hydrogen-bond acceptors (Lipinski definition) is 3. The zero-order valence-corrected chi connectivity index (χ0v) is 15.1. The second-order valence-electron chi connectivity index (χ2n) is 6.35. The lowest BCUT2D eigenvalue weighted by atomic mass is 10.2. The van der Waals surface area contributed by atoms with E-state index >= 15 is 0 Å². The van der Waals surface area contributed by atoms with Crippen molar-refractivity contribution in [2.75, 3.05) is 13.2 Å². The number of fused-ring (bicyclic) bond motifs is 1. The Morgan fingerprint density at radius 3 is 2.81 bits per heavy atom. The lowest BCUT2D eigenvalue weighted by molar-refractivity contribution is -0.121. The number of nitrogens with one attached hydrogen (secondary N) is 1. The van der Waals surface area contributed by atoms with Gasteiger partial charge < -0.3 is 14.6 Å². The van der Waals surface area contributed by atoms with Crippen molar-refractivity contribution >= 4 is 16.9 Å². The number of benzene rings is 2. The minimum atomic E-state index is 0.0777. The van der Waals surface area contributed by atoms with Crippen LogP contribution in [0.25, 0.3) is 11.0 Å². The Kier molecular flexibility index (Phi) is 6.25. The lowest BCUT2D eigenvalue weighted by Crippen LogP contribution is -2.25. The summed E-state index contributed by atoms with van der Waals surface area (Å²) in [4.78, 5) is 16.3. The Bertz CT molecular complexity index is 857. The number of amides is 1. The molecule has 0 fully saturated rings. The highest BCUT2D eigenvalue weighted by Crippen LogP contribution is 2.16. The van der Waals surface area contributed by atoms with E-state index in [9.17, 15) is 4.79 Å². The molecule has 0 atom stereocenters. The average Bonchev–Trinajstić information content (AvgIpc) is 3.07. The molecule has 0 aliphatic rings. The van der Waals surface area contributed by atoms with Crippen molar-refractivity contribution in [2.45, 2.75) is 32.7 Å². The normalized spacial score (nSPS) is 10.8. The molecule has 3 aromatic rings. The van der Waals surface area contributed by atoms with Gasteiger partial charge in [0.15, 0.2) is 0 Å². The smallest absolute Gasteiger partial charge is 0.220 e. The van der Waals surface area contributed by atoms with Crippen LogP contribution in [0.4, 0.5) is 0 Å². The van der Waals surface area contributed by atoms with Crippen molar-refractivity contribution in [3.05, 3.63) is 60.4 Å². The van der Waals surface area contributed by atoms with E-state index < -0.39 is 0 Å². The van der Waals surface area contributed by atoms with E-state index in [0.29, 0.717) is 26.0 Å². The monoisotopic (exact) mass is 351 g/mol. The minimum Gasteiger partial charge on any atom is -0.493 e. The predicted molar refractivity (Wildman–Crippen MR) is 103 cm³/mol. The SMILES string of the molecule is Cc1ccccc1OCCCC(=O)NCCCn1cnc2ccccc21. The van der Waals surface area contributed by atoms with E-state index in [0.717, 1.165) is 35.3 Å². The Morgan fingerprint density at radius 2 is 1.92 bits per heavy atom. The van der Waals surface area contributed by atoms with Gasteiger partial charge in [0.1, 0.15) is 5.75 Å². The molecule has 0 aliphatic heterocycles. The second-order valence-corrected chi connectivity index (χ2v) is 6.35. The third kappa shape index (κ3) is 4.85. The second kappa shape index (κ2) is 9.04. The molecule has 26 heavy (non-hydrogen) atoms. The van der Waals surface area contributed by atoms with Crippen LogP contribution in [0.15, 0.2) is 54.9 Å². The van der Waals surface area contributed by atoms with Crippen LogP contribution in [0.1, 0.15) is 24.8 Å². The van der Waals surface area contributed by atoms with Crippen molar-refractivity contribution < 1.29 is 9.53 Å². The zero-order chi connectivity index (χ0) is 18.2. The molecule has 5 nitrogen and oxygen atoms in total. The lowest BCUT2D eigenvalue weighted by Gasteiger charge is -2.09. The van der Waals surface area contributed by atoms with Crippen LogP contribution >= 0.6 is 0 Å². The molecule has 0 saturated heterocycles. The van der Waals surface area contributed by atoms with Crippen molar-refractivity contribution in [2.24, 2.45) is 0 Å². The highest BCUT2D eigenvalue weighted by molar-refractivity contribution is 5.76. The van der Waals surface area contributed by atoms with Crippen molar-refractivity contribution in [3.63, 3.8) is 0 Å². The van der Waals surface area contributed by atoms with Gasteiger partial charge in [0.25, 0.3) is 0 Å². The Hall–Kier alpha value is -2.82. The Balaban J connectivity index is 1.30. The predicted octanol–water partition coefficient (Wildman–Crippen LogP) is 3.71. The number of carbonyl (C=O) groups is 1. The molecule has 2 aromatic carbocycles. The molecule has 0 spiro atoms. The standard InChI is InChI=1S/C21H25N3O2/c1-17-8-2-5-11-20(17)26-15-6-12-21(25)22-13-7-14-24-16-23-18-9-3-4-10-19(18)24/h2-5,8-11,16H,6-7,12-15H2,1H3,(H,22,25). The first-order valence-electron chi connectivity index (χ1n) is 9.09. The van der Waals surface area contributed by atoms with Crippen LogP contribution in [0.2, 0.25) is 0 Å². The van der Waals surface area contributed by atoms with Gasteiger partial charge in [0.2, 0.25) is 5.91 Å². The fourth-order valence-electron chi connectivity index (χ4n) is 2.89. The summed E-state index contributed by atoms with van der Waals surface area (Å²) in [6.45, 7) is 4.09. The van der Waals surface area contributed by atoms with Gasteiger partial charge in [-0.15, -0.1) is 0 Å². The molecule has 5 heteroatoms. The topological polar surface area (TPSA) is 56.1 Å². The average molecular weight is 351 g/mol. The quantitative estimate of drug-likeness (QED) is 0.598. The van der Waals surface area contributed by atoms with Crippen LogP contribution in [-0.2, 0) is 11.3 Å². The first kappa shape index (κ1) is 18.0. The summed E-state index contributed by atoms with van der Waals surface area (Å²) in [5.74, 6) is 0.967. The molecule has 0 bridgehead atoms. The van der Waals surface area contributed by atoms with E-state index in [4.69, 9.17) is 4.74 Å². The molecule has 136 valence electrons. The van der Waals surface area contributed by atoms with Crippen molar-refractivity contribution in [1.82, 2.24) is 14.9 Å². The van der Waals surface area contributed by atoms with Gasteiger partial charge in [-0.2, -0.15) is 0 Å². The number of ether oxygens (including phenoxy) is 1. The van der Waals surface area contributed by atoms with Crippen LogP contribution in [-0.4, -0.2) is 28.6 Å². The molecular weight excluding hydrogens is 326 g/mol. The van der Waals surface area contributed by atoms with Gasteiger partial charge in [-0.25, -0.2) is 4.98 Å². The van der Waals surface area contributed by atoms with E-state index in [2.05, 4.69) is 20.9 Å². The van der Waals surface area contributed by atoms with Crippen LogP contribution in [0.3, 0.4) is 0 Å².